The lowest BCUT2D eigenvalue weighted by Crippen LogP contribution is -2.59. The summed E-state index contributed by atoms with van der Waals surface area (Å²) in [6.45, 7) is 6.60. The van der Waals surface area contributed by atoms with Crippen LogP contribution in [0.2, 0.25) is 0 Å². The molecule has 100 valence electrons. The van der Waals surface area contributed by atoms with Gasteiger partial charge in [-0.05, 0) is 19.8 Å². The maximum absolute atomic E-state index is 10.5. The minimum absolute atomic E-state index is 0.0427. The van der Waals surface area contributed by atoms with E-state index >= 15 is 0 Å². The van der Waals surface area contributed by atoms with E-state index in [4.69, 9.17) is 9.47 Å². The Morgan fingerprint density at radius 2 is 1.94 bits per heavy atom. The van der Waals surface area contributed by atoms with E-state index in [9.17, 15) is 5.11 Å². The number of aliphatic hydroxyl groups is 1. The van der Waals surface area contributed by atoms with Crippen molar-refractivity contribution >= 4 is 0 Å². The van der Waals surface area contributed by atoms with Crippen LogP contribution in [0, 0.1) is 0 Å². The van der Waals surface area contributed by atoms with Crippen LogP contribution in [0.3, 0.4) is 0 Å². The molecule has 1 saturated heterocycles. The summed E-state index contributed by atoms with van der Waals surface area (Å²) in [6, 6.07) is 0. The third kappa shape index (κ3) is 2.81. The Hall–Kier alpha value is -0.160. The summed E-state index contributed by atoms with van der Waals surface area (Å²) in [4.78, 5) is 2.44. The lowest BCUT2D eigenvalue weighted by atomic mass is 9.88. The number of ether oxygens (including phenoxy) is 2. The van der Waals surface area contributed by atoms with Gasteiger partial charge >= 0.3 is 0 Å². The van der Waals surface area contributed by atoms with Crippen LogP contribution >= 0.6 is 0 Å². The maximum atomic E-state index is 10.5. The van der Waals surface area contributed by atoms with Gasteiger partial charge in [0.2, 0.25) is 0 Å². The molecule has 1 N–H and O–H groups in total. The van der Waals surface area contributed by atoms with Gasteiger partial charge in [-0.2, -0.15) is 0 Å². The highest BCUT2D eigenvalue weighted by atomic mass is 16.5. The van der Waals surface area contributed by atoms with Crippen LogP contribution in [0.5, 0.6) is 0 Å². The van der Waals surface area contributed by atoms with Crippen molar-refractivity contribution in [3.63, 3.8) is 0 Å². The lowest BCUT2D eigenvalue weighted by Gasteiger charge is -2.46. The number of morpholine rings is 1. The number of hydrogen-bond donors (Lipinski definition) is 1. The third-order valence-electron chi connectivity index (χ3n) is 4.21. The second kappa shape index (κ2) is 6.14. The standard InChI is InChI=1S/C13H25NO3/c1-2-16-11-12(15)13(5-3-4-6-13)14-7-9-17-10-8-14/h12,15H,2-11H2,1H3. The van der Waals surface area contributed by atoms with Gasteiger partial charge in [-0.15, -0.1) is 0 Å². The molecular weight excluding hydrogens is 218 g/mol. The largest absolute Gasteiger partial charge is 0.389 e. The van der Waals surface area contributed by atoms with Crippen molar-refractivity contribution in [1.29, 1.82) is 0 Å². The first-order valence-corrected chi connectivity index (χ1v) is 6.88. The second-order valence-corrected chi connectivity index (χ2v) is 5.09. The van der Waals surface area contributed by atoms with Crippen LogP contribution < -0.4 is 0 Å². The van der Waals surface area contributed by atoms with Crippen LogP contribution in [0.1, 0.15) is 32.6 Å². The van der Waals surface area contributed by atoms with Crippen molar-refractivity contribution in [2.24, 2.45) is 0 Å². The monoisotopic (exact) mass is 243 g/mol. The second-order valence-electron chi connectivity index (χ2n) is 5.09. The first-order chi connectivity index (χ1) is 8.29. The van der Waals surface area contributed by atoms with Crippen molar-refractivity contribution in [3.8, 4) is 0 Å². The molecule has 1 heterocycles. The van der Waals surface area contributed by atoms with Crippen LogP contribution in [0.15, 0.2) is 0 Å². The fraction of sp³-hybridized carbons (Fsp3) is 1.00. The summed E-state index contributed by atoms with van der Waals surface area (Å²) >= 11 is 0. The van der Waals surface area contributed by atoms with Crippen molar-refractivity contribution in [3.05, 3.63) is 0 Å². The van der Waals surface area contributed by atoms with E-state index in [1.807, 2.05) is 6.92 Å². The van der Waals surface area contributed by atoms with Gasteiger partial charge in [-0.1, -0.05) is 12.8 Å². The van der Waals surface area contributed by atoms with Crippen molar-refractivity contribution in [2.75, 3.05) is 39.5 Å². The molecule has 2 fully saturated rings. The van der Waals surface area contributed by atoms with Crippen molar-refractivity contribution in [2.45, 2.75) is 44.2 Å². The average Bonchev–Trinajstić information content (AvgIpc) is 2.87. The van der Waals surface area contributed by atoms with Gasteiger partial charge in [0.25, 0.3) is 0 Å². The highest BCUT2D eigenvalue weighted by Crippen LogP contribution is 2.38. The normalized spacial score (nSPS) is 27.2. The molecule has 0 aromatic rings. The number of nitrogens with zero attached hydrogens (tertiary/aromatic N) is 1. The van der Waals surface area contributed by atoms with Crippen LogP contribution in [0.4, 0.5) is 0 Å². The van der Waals surface area contributed by atoms with E-state index in [0.29, 0.717) is 13.2 Å². The fourth-order valence-electron chi connectivity index (χ4n) is 3.24. The topological polar surface area (TPSA) is 41.9 Å². The Morgan fingerprint density at radius 3 is 2.53 bits per heavy atom. The smallest absolute Gasteiger partial charge is 0.0956 e. The minimum atomic E-state index is -0.358. The number of rotatable bonds is 5. The summed E-state index contributed by atoms with van der Waals surface area (Å²) in [5.41, 5.74) is -0.0427. The quantitative estimate of drug-likeness (QED) is 0.783. The highest BCUT2D eigenvalue weighted by Gasteiger charge is 2.45. The van der Waals surface area contributed by atoms with E-state index in [1.165, 1.54) is 12.8 Å². The zero-order chi connectivity index (χ0) is 12.1. The molecule has 1 unspecified atom stereocenters. The molecule has 4 nitrogen and oxygen atoms in total. The number of hydrogen-bond acceptors (Lipinski definition) is 4. The fourth-order valence-corrected chi connectivity index (χ4v) is 3.24. The Labute approximate surface area is 104 Å². The van der Waals surface area contributed by atoms with Gasteiger partial charge in [0.15, 0.2) is 0 Å². The molecule has 2 aliphatic rings. The Morgan fingerprint density at radius 1 is 1.29 bits per heavy atom. The zero-order valence-corrected chi connectivity index (χ0v) is 10.9. The van der Waals surface area contributed by atoms with Crippen molar-refractivity contribution < 1.29 is 14.6 Å². The summed E-state index contributed by atoms with van der Waals surface area (Å²) in [5.74, 6) is 0. The molecule has 2 rings (SSSR count). The molecule has 17 heavy (non-hydrogen) atoms. The molecule has 0 aromatic heterocycles. The molecule has 1 atom stereocenters. The maximum Gasteiger partial charge on any atom is 0.0956 e. The van der Waals surface area contributed by atoms with Gasteiger partial charge in [0.05, 0.1) is 25.9 Å². The molecule has 0 spiro atoms. The van der Waals surface area contributed by atoms with E-state index in [2.05, 4.69) is 4.90 Å². The molecule has 0 bridgehead atoms. The summed E-state index contributed by atoms with van der Waals surface area (Å²) in [5, 5.41) is 10.5. The van der Waals surface area contributed by atoms with Crippen LogP contribution in [-0.2, 0) is 9.47 Å². The molecule has 4 heteroatoms. The van der Waals surface area contributed by atoms with Gasteiger partial charge < -0.3 is 14.6 Å². The predicted molar refractivity (Wildman–Crippen MR) is 66.1 cm³/mol. The Balaban J connectivity index is 2.02. The minimum Gasteiger partial charge on any atom is -0.389 e. The third-order valence-corrected chi connectivity index (χ3v) is 4.21. The predicted octanol–water partition coefficient (Wildman–Crippen LogP) is 1.03. The molecule has 0 aromatic carbocycles. The van der Waals surface area contributed by atoms with Crippen LogP contribution in [-0.4, -0.2) is 61.2 Å². The van der Waals surface area contributed by atoms with E-state index in [-0.39, 0.29) is 11.6 Å². The molecule has 0 amide bonds. The summed E-state index contributed by atoms with van der Waals surface area (Å²) in [7, 11) is 0. The zero-order valence-electron chi connectivity index (χ0n) is 10.9. The van der Waals surface area contributed by atoms with Crippen LogP contribution in [0.25, 0.3) is 0 Å². The average molecular weight is 243 g/mol. The lowest BCUT2D eigenvalue weighted by molar-refractivity contribution is -0.0983. The Bertz CT molecular complexity index is 223. The molecule has 0 radical (unpaired) electrons. The van der Waals surface area contributed by atoms with Crippen molar-refractivity contribution in [1.82, 2.24) is 4.90 Å². The molecular formula is C13H25NO3. The van der Waals surface area contributed by atoms with Gasteiger partial charge in [0.1, 0.15) is 0 Å². The summed E-state index contributed by atoms with van der Waals surface area (Å²) < 4.78 is 10.8. The summed E-state index contributed by atoms with van der Waals surface area (Å²) in [6.07, 6.45) is 4.28. The number of aliphatic hydroxyl groups excluding tert-OH is 1. The first-order valence-electron chi connectivity index (χ1n) is 6.88. The van der Waals surface area contributed by atoms with Gasteiger partial charge in [-0.3, -0.25) is 4.90 Å². The van der Waals surface area contributed by atoms with Gasteiger partial charge in [0, 0.05) is 25.2 Å². The highest BCUT2D eigenvalue weighted by molar-refractivity contribution is 5.01. The van der Waals surface area contributed by atoms with Gasteiger partial charge in [-0.25, -0.2) is 0 Å². The molecule has 1 saturated carbocycles. The van der Waals surface area contributed by atoms with E-state index in [1.54, 1.807) is 0 Å². The first kappa shape index (κ1) is 13.3. The van der Waals surface area contributed by atoms with E-state index in [0.717, 1.165) is 39.1 Å². The molecule has 1 aliphatic heterocycles. The van der Waals surface area contributed by atoms with E-state index < -0.39 is 0 Å². The Kier molecular flexibility index (Phi) is 4.79. The molecule has 1 aliphatic carbocycles. The SMILES string of the molecule is CCOCC(O)C1(N2CCOCC2)CCCC1.